The van der Waals surface area contributed by atoms with Crippen molar-refractivity contribution < 1.29 is 43.9 Å². The molecule has 13 atom stereocenters. The minimum absolute atomic E-state index is 0.116. The zero-order chi connectivity index (χ0) is 28.1. The van der Waals surface area contributed by atoms with Crippen LogP contribution in [0.25, 0.3) is 0 Å². The van der Waals surface area contributed by atoms with Crippen LogP contribution in [0, 0.1) is 35.5 Å². The molecule has 0 amide bonds. The number of carboxylic acid groups (broad SMARTS) is 1. The highest BCUT2D eigenvalue weighted by atomic mass is 16.9. The Hall–Kier alpha value is -1.36. The third-order valence-electron chi connectivity index (χ3n) is 11.4. The first kappa shape index (κ1) is 27.8. The molecule has 4 aliphatic heterocycles. The van der Waals surface area contributed by atoms with E-state index in [2.05, 4.69) is 6.58 Å². The van der Waals surface area contributed by atoms with E-state index < -0.39 is 83.1 Å². The molecule has 0 aromatic rings. The van der Waals surface area contributed by atoms with E-state index in [4.69, 9.17) is 18.9 Å². The van der Waals surface area contributed by atoms with Crippen molar-refractivity contribution in [2.75, 3.05) is 6.61 Å². The van der Waals surface area contributed by atoms with Gasteiger partial charge in [-0.1, -0.05) is 59.5 Å². The Morgan fingerprint density at radius 3 is 2.46 bits per heavy atom. The van der Waals surface area contributed by atoms with Gasteiger partial charge in [-0.3, -0.25) is 9.59 Å². The number of aliphatic hydroxyl groups excluding tert-OH is 2. The van der Waals surface area contributed by atoms with Gasteiger partial charge in [0.25, 0.3) is 5.97 Å². The normalized spacial score (nSPS) is 53.4. The molecule has 4 saturated heterocycles. The number of hydrogen-bond acceptors (Lipinski definition) is 8. The molecule has 6 rings (SSSR count). The average Bonchev–Trinajstić information content (AvgIpc) is 3.58. The van der Waals surface area contributed by atoms with Gasteiger partial charge >= 0.3 is 5.97 Å². The summed E-state index contributed by atoms with van der Waals surface area (Å²) in [7, 11) is 0. The molecule has 3 bridgehead atoms. The van der Waals surface area contributed by atoms with Crippen molar-refractivity contribution in [3.8, 4) is 0 Å². The standard InChI is InChI=1S/C30H44O9/c1-15(2)27-13-17(4)30-20-19(18(5)26(34)35)16(3)11-9-7-6-8-10-12-29(38-27,39-30)37-24(27)21(30)25-28(14-31,36-25)23(33)22(20)32/h16-21,23-25,31,33H,1,6-14H2,2-5H3,(H,34,35)/t16-,17-,18-,19+,20-,21-,23+,24-,25+,27-,28-,29?,30+/m1/s1. The molecule has 9 heteroatoms. The van der Waals surface area contributed by atoms with Crippen LogP contribution in [0.5, 0.6) is 0 Å². The van der Waals surface area contributed by atoms with Crippen LogP contribution in [0.15, 0.2) is 12.2 Å². The molecule has 2 saturated carbocycles. The van der Waals surface area contributed by atoms with Gasteiger partial charge in [-0.05, 0) is 43.1 Å². The molecule has 2 aliphatic carbocycles. The molecule has 218 valence electrons. The lowest BCUT2D eigenvalue weighted by atomic mass is 9.51. The van der Waals surface area contributed by atoms with Crippen molar-refractivity contribution in [1.82, 2.24) is 0 Å². The molecule has 0 radical (unpaired) electrons. The Kier molecular flexibility index (Phi) is 6.46. The van der Waals surface area contributed by atoms with E-state index in [-0.39, 0.29) is 11.8 Å². The number of epoxide rings is 1. The van der Waals surface area contributed by atoms with Gasteiger partial charge in [0.1, 0.15) is 23.9 Å². The molecule has 39 heavy (non-hydrogen) atoms. The number of ketones is 1. The number of fused-ring (bicyclic) bond motifs is 1. The predicted molar refractivity (Wildman–Crippen MR) is 138 cm³/mol. The summed E-state index contributed by atoms with van der Waals surface area (Å²) in [6, 6.07) is 0. The van der Waals surface area contributed by atoms with Gasteiger partial charge in [0.15, 0.2) is 11.4 Å². The summed E-state index contributed by atoms with van der Waals surface area (Å²) < 4.78 is 26.8. The molecule has 6 aliphatic rings. The second-order valence-corrected chi connectivity index (χ2v) is 13.5. The number of carbonyl (C=O) groups is 2. The van der Waals surface area contributed by atoms with E-state index in [1.54, 1.807) is 6.92 Å². The zero-order valence-electron chi connectivity index (χ0n) is 23.6. The van der Waals surface area contributed by atoms with Gasteiger partial charge in [-0.15, -0.1) is 0 Å². The van der Waals surface area contributed by atoms with Gasteiger partial charge < -0.3 is 34.3 Å². The highest BCUT2D eigenvalue weighted by Crippen LogP contribution is 2.71. The van der Waals surface area contributed by atoms with E-state index in [9.17, 15) is 24.9 Å². The fraction of sp³-hybridized carbons (Fsp3) is 0.867. The van der Waals surface area contributed by atoms with Crippen molar-refractivity contribution >= 4 is 11.8 Å². The van der Waals surface area contributed by atoms with Crippen molar-refractivity contribution in [2.45, 2.75) is 120 Å². The second-order valence-electron chi connectivity index (χ2n) is 13.5. The van der Waals surface area contributed by atoms with Crippen LogP contribution in [0.1, 0.15) is 79.1 Å². The summed E-state index contributed by atoms with van der Waals surface area (Å²) in [6.45, 7) is 11.4. The summed E-state index contributed by atoms with van der Waals surface area (Å²) in [5.41, 5.74) is -2.75. The van der Waals surface area contributed by atoms with Crippen LogP contribution in [0.2, 0.25) is 0 Å². The van der Waals surface area contributed by atoms with Crippen LogP contribution >= 0.6 is 0 Å². The number of carboxylic acids is 1. The Balaban J connectivity index is 1.62. The van der Waals surface area contributed by atoms with E-state index in [0.717, 1.165) is 44.1 Å². The van der Waals surface area contributed by atoms with Gasteiger partial charge in [0.05, 0.1) is 24.0 Å². The Labute approximate surface area is 230 Å². The molecule has 9 nitrogen and oxygen atoms in total. The lowest BCUT2D eigenvalue weighted by Gasteiger charge is -2.60. The first-order chi connectivity index (χ1) is 18.4. The fourth-order valence-electron chi connectivity index (χ4n) is 9.41. The smallest absolute Gasteiger partial charge is 0.306 e. The van der Waals surface area contributed by atoms with Crippen molar-refractivity contribution in [3.63, 3.8) is 0 Å². The average molecular weight is 549 g/mol. The van der Waals surface area contributed by atoms with Crippen LogP contribution in [-0.2, 0) is 28.5 Å². The monoisotopic (exact) mass is 548 g/mol. The summed E-state index contributed by atoms with van der Waals surface area (Å²) >= 11 is 0. The van der Waals surface area contributed by atoms with E-state index >= 15 is 0 Å². The molecule has 0 aromatic heterocycles. The first-order valence-electron chi connectivity index (χ1n) is 14.9. The lowest BCUT2D eigenvalue weighted by molar-refractivity contribution is -0.429. The molecule has 1 unspecified atom stereocenters. The number of carbonyl (C=O) groups excluding carboxylic acids is 1. The van der Waals surface area contributed by atoms with Crippen molar-refractivity contribution in [2.24, 2.45) is 35.5 Å². The Morgan fingerprint density at radius 1 is 1.10 bits per heavy atom. The van der Waals surface area contributed by atoms with Crippen LogP contribution in [0.4, 0.5) is 0 Å². The van der Waals surface area contributed by atoms with E-state index in [0.29, 0.717) is 12.8 Å². The van der Waals surface area contributed by atoms with Gasteiger partial charge in [0, 0.05) is 12.3 Å². The Morgan fingerprint density at radius 2 is 1.79 bits per heavy atom. The topological polar surface area (TPSA) is 135 Å². The largest absolute Gasteiger partial charge is 0.481 e. The highest BCUT2D eigenvalue weighted by Gasteiger charge is 2.86. The number of rotatable bonds is 4. The molecular formula is C30H44O9. The minimum Gasteiger partial charge on any atom is -0.481 e. The van der Waals surface area contributed by atoms with Crippen LogP contribution in [0.3, 0.4) is 0 Å². The molecule has 3 N–H and O–H groups in total. The minimum atomic E-state index is -1.60. The van der Waals surface area contributed by atoms with Crippen LogP contribution in [-0.4, -0.2) is 74.8 Å². The van der Waals surface area contributed by atoms with Gasteiger partial charge in [-0.2, -0.15) is 0 Å². The Bertz CT molecular complexity index is 1060. The SMILES string of the molecule is C=C(C)[C@]12C[C@@H](C)[C@]34OC5(CCCCCCC[C@@H](C)[C@@H]([C@@H](C)C(=O)O)[C@@H]3C(=O)[C@H](O)[C@@]3(CO)O[C@H]3[C@H]4[C@H]1O5)O2. The quantitative estimate of drug-likeness (QED) is 0.357. The lowest BCUT2D eigenvalue weighted by Crippen LogP contribution is -2.72. The van der Waals surface area contributed by atoms with E-state index in [1.807, 2.05) is 20.8 Å². The van der Waals surface area contributed by atoms with Gasteiger partial charge in [-0.25, -0.2) is 0 Å². The van der Waals surface area contributed by atoms with E-state index in [1.165, 1.54) is 0 Å². The first-order valence-corrected chi connectivity index (χ1v) is 14.9. The maximum absolute atomic E-state index is 14.6. The maximum atomic E-state index is 14.6. The molecule has 2 spiro atoms. The predicted octanol–water partition coefficient (Wildman–Crippen LogP) is 3.20. The second kappa shape index (κ2) is 9.07. The molecule has 6 fully saturated rings. The summed E-state index contributed by atoms with van der Waals surface area (Å²) in [5, 5.41) is 32.4. The summed E-state index contributed by atoms with van der Waals surface area (Å²) in [5.74, 6) is -6.22. The van der Waals surface area contributed by atoms with Gasteiger partial charge in [0.2, 0.25) is 0 Å². The maximum Gasteiger partial charge on any atom is 0.306 e. The third kappa shape index (κ3) is 3.53. The van der Waals surface area contributed by atoms with Crippen LogP contribution < -0.4 is 0 Å². The van der Waals surface area contributed by atoms with Crippen molar-refractivity contribution in [3.05, 3.63) is 12.2 Å². The number of aliphatic carboxylic acids is 1. The fourth-order valence-corrected chi connectivity index (χ4v) is 9.41. The third-order valence-corrected chi connectivity index (χ3v) is 11.4. The summed E-state index contributed by atoms with van der Waals surface area (Å²) in [4.78, 5) is 27.2. The number of ether oxygens (including phenoxy) is 4. The van der Waals surface area contributed by atoms with Crippen molar-refractivity contribution in [1.29, 1.82) is 0 Å². The summed E-state index contributed by atoms with van der Waals surface area (Å²) in [6.07, 6.45) is 3.67. The molecule has 4 heterocycles. The zero-order valence-corrected chi connectivity index (χ0v) is 23.6. The highest BCUT2D eigenvalue weighted by molar-refractivity contribution is 5.90. The molecule has 0 aromatic carbocycles. The number of Topliss-reactive ketones (excluding diaryl/α,β-unsaturated/α-hetero) is 1. The number of aliphatic hydroxyl groups is 2. The number of hydrogen-bond donors (Lipinski definition) is 3. The molecular weight excluding hydrogens is 504 g/mol.